The van der Waals surface area contributed by atoms with Crippen LogP contribution in [0.3, 0.4) is 0 Å². The summed E-state index contributed by atoms with van der Waals surface area (Å²) in [5, 5.41) is 3.53. The molecule has 0 bridgehead atoms. The number of benzene rings is 1. The van der Waals surface area contributed by atoms with Gasteiger partial charge in [0, 0.05) is 18.4 Å². The molecule has 0 saturated heterocycles. The minimum Gasteiger partial charge on any atom is -0.491 e. The summed E-state index contributed by atoms with van der Waals surface area (Å²) < 4.78 is 11.5. The molecule has 1 N–H and O–H groups in total. The van der Waals surface area contributed by atoms with Crippen molar-refractivity contribution in [2.24, 2.45) is 0 Å². The van der Waals surface area contributed by atoms with Crippen LogP contribution in [0.1, 0.15) is 12.8 Å². The summed E-state index contributed by atoms with van der Waals surface area (Å²) >= 11 is 6.46. The molecule has 1 aliphatic carbocycles. The molecular weight excluding hydrogens is 328 g/mol. The van der Waals surface area contributed by atoms with Gasteiger partial charge in [0.1, 0.15) is 11.1 Å². The molecule has 0 atom stereocenters. The van der Waals surface area contributed by atoms with Crippen LogP contribution in [0.15, 0.2) is 30.6 Å². The van der Waals surface area contributed by atoms with E-state index in [2.05, 4.69) is 34.3 Å². The second kappa shape index (κ2) is 7.23. The summed E-state index contributed by atoms with van der Waals surface area (Å²) in [5.74, 6) is 1.65. The predicted octanol–water partition coefficient (Wildman–Crippen LogP) is 3.35. The van der Waals surface area contributed by atoms with Gasteiger partial charge in [-0.1, -0.05) is 11.6 Å². The smallest absolute Gasteiger partial charge is 0.227 e. The molecule has 1 saturated carbocycles. The fourth-order valence-electron chi connectivity index (χ4n) is 2.64. The Balaban J connectivity index is 1.74. The molecule has 0 spiro atoms. The van der Waals surface area contributed by atoms with Crippen LogP contribution in [0.4, 0.5) is 11.6 Å². The van der Waals surface area contributed by atoms with Crippen LogP contribution in [-0.2, 0) is 0 Å². The number of hydrogen-bond acceptors (Lipinski definition) is 6. The van der Waals surface area contributed by atoms with Crippen molar-refractivity contribution in [3.63, 3.8) is 0 Å². The summed E-state index contributed by atoms with van der Waals surface area (Å²) in [4.78, 5) is 10.5. The number of rotatable bonds is 6. The molecule has 24 heavy (non-hydrogen) atoms. The zero-order valence-corrected chi connectivity index (χ0v) is 14.7. The van der Waals surface area contributed by atoms with Gasteiger partial charge in [0.15, 0.2) is 11.5 Å². The lowest BCUT2D eigenvalue weighted by molar-refractivity contribution is 0.0383. The molecular formula is C17H21ClN4O2. The fraction of sp³-hybridized carbons (Fsp3) is 0.412. The van der Waals surface area contributed by atoms with Gasteiger partial charge in [-0.2, -0.15) is 0 Å². The van der Waals surface area contributed by atoms with Crippen LogP contribution < -0.4 is 14.8 Å². The Morgan fingerprint density at radius 3 is 2.54 bits per heavy atom. The van der Waals surface area contributed by atoms with Crippen molar-refractivity contribution in [2.45, 2.75) is 25.0 Å². The molecule has 0 aliphatic heterocycles. The number of aromatic nitrogens is 2. The average molecular weight is 349 g/mol. The van der Waals surface area contributed by atoms with Crippen molar-refractivity contribution < 1.29 is 9.47 Å². The maximum absolute atomic E-state index is 6.46. The largest absolute Gasteiger partial charge is 0.491 e. The van der Waals surface area contributed by atoms with E-state index in [1.165, 1.54) is 0 Å². The molecule has 128 valence electrons. The Morgan fingerprint density at radius 1 is 1.21 bits per heavy atom. The van der Waals surface area contributed by atoms with Gasteiger partial charge in [0.05, 0.1) is 12.8 Å². The van der Waals surface area contributed by atoms with Crippen LogP contribution in [0.5, 0.6) is 11.5 Å². The van der Waals surface area contributed by atoms with Crippen LogP contribution in [-0.4, -0.2) is 48.2 Å². The molecule has 6 nitrogen and oxygen atoms in total. The predicted molar refractivity (Wildman–Crippen MR) is 94.4 cm³/mol. The molecule has 2 aromatic rings. The topological polar surface area (TPSA) is 59.5 Å². The summed E-state index contributed by atoms with van der Waals surface area (Å²) in [6.45, 7) is 0. The van der Waals surface area contributed by atoms with E-state index >= 15 is 0 Å². The van der Waals surface area contributed by atoms with E-state index in [1.54, 1.807) is 25.6 Å². The quantitative estimate of drug-likeness (QED) is 0.863. The van der Waals surface area contributed by atoms with E-state index in [1.807, 2.05) is 12.1 Å². The molecule has 7 heteroatoms. The number of halogens is 1. The second-order valence-electron chi connectivity index (χ2n) is 5.98. The van der Waals surface area contributed by atoms with Crippen molar-refractivity contribution in [2.75, 3.05) is 26.5 Å². The summed E-state index contributed by atoms with van der Waals surface area (Å²) in [7, 11) is 5.76. The molecule has 0 radical (unpaired) electrons. The Labute approximate surface area is 146 Å². The third-order valence-electron chi connectivity index (χ3n) is 4.17. The highest BCUT2D eigenvalue weighted by Crippen LogP contribution is 2.42. The third-order valence-corrected chi connectivity index (χ3v) is 4.55. The highest BCUT2D eigenvalue weighted by molar-refractivity contribution is 6.35. The van der Waals surface area contributed by atoms with E-state index in [4.69, 9.17) is 21.1 Å². The molecule has 1 aliphatic rings. The van der Waals surface area contributed by atoms with E-state index in [-0.39, 0.29) is 6.10 Å². The molecule has 1 heterocycles. The highest BCUT2D eigenvalue weighted by atomic mass is 35.5. The van der Waals surface area contributed by atoms with Gasteiger partial charge >= 0.3 is 0 Å². The minimum absolute atomic E-state index is 0.193. The maximum Gasteiger partial charge on any atom is 0.227 e. The maximum atomic E-state index is 6.46. The molecule has 1 aromatic heterocycles. The zero-order valence-electron chi connectivity index (χ0n) is 14.0. The van der Waals surface area contributed by atoms with Gasteiger partial charge in [-0.15, -0.1) is 0 Å². The Kier molecular flexibility index (Phi) is 5.06. The number of anilines is 2. The molecule has 1 fully saturated rings. The lowest BCUT2D eigenvalue weighted by Gasteiger charge is -2.39. The number of methoxy groups -OCH3 is 1. The summed E-state index contributed by atoms with van der Waals surface area (Å²) in [6.07, 6.45) is 5.53. The van der Waals surface area contributed by atoms with Crippen molar-refractivity contribution in [1.29, 1.82) is 0 Å². The minimum atomic E-state index is 0.193. The van der Waals surface area contributed by atoms with Crippen molar-refractivity contribution in [3.8, 4) is 11.5 Å². The summed E-state index contributed by atoms with van der Waals surface area (Å²) in [6, 6.07) is 6.04. The first-order valence-corrected chi connectivity index (χ1v) is 8.20. The van der Waals surface area contributed by atoms with Gasteiger partial charge < -0.3 is 19.7 Å². The van der Waals surface area contributed by atoms with Crippen molar-refractivity contribution in [3.05, 3.63) is 35.6 Å². The normalized spacial score (nSPS) is 19.7. The van der Waals surface area contributed by atoms with Gasteiger partial charge in [0.25, 0.3) is 0 Å². The van der Waals surface area contributed by atoms with Gasteiger partial charge in [-0.05, 0) is 45.1 Å². The van der Waals surface area contributed by atoms with E-state index < -0.39 is 0 Å². The number of hydrogen-bond donors (Lipinski definition) is 1. The first-order chi connectivity index (χ1) is 11.6. The van der Waals surface area contributed by atoms with Crippen LogP contribution in [0.2, 0.25) is 5.02 Å². The lowest BCUT2D eigenvalue weighted by Crippen LogP contribution is -2.46. The number of nitrogens with one attached hydrogen (secondary N) is 1. The van der Waals surface area contributed by atoms with Crippen LogP contribution in [0, 0.1) is 0 Å². The first-order valence-electron chi connectivity index (χ1n) is 7.82. The van der Waals surface area contributed by atoms with Crippen LogP contribution in [0.25, 0.3) is 0 Å². The second-order valence-corrected chi connectivity index (χ2v) is 6.36. The SMILES string of the molecule is COc1c(OC2CC(N(C)C)C2)ccc(Nc2ncccn2)c1Cl. The van der Waals surface area contributed by atoms with Crippen LogP contribution >= 0.6 is 11.6 Å². The van der Waals surface area contributed by atoms with Gasteiger partial charge in [0.2, 0.25) is 5.95 Å². The van der Waals surface area contributed by atoms with Gasteiger partial charge in [-0.3, -0.25) is 0 Å². The highest BCUT2D eigenvalue weighted by Gasteiger charge is 2.33. The standard InChI is InChI=1S/C17H21ClN4O2/c1-22(2)11-9-12(10-11)24-14-6-5-13(15(18)16(14)23-3)21-17-19-7-4-8-20-17/h4-8,11-12H,9-10H2,1-3H3,(H,19,20,21). The van der Waals surface area contributed by atoms with E-state index in [9.17, 15) is 0 Å². The molecule has 0 amide bonds. The fourth-order valence-corrected chi connectivity index (χ4v) is 2.92. The Morgan fingerprint density at radius 2 is 1.92 bits per heavy atom. The third kappa shape index (κ3) is 3.55. The van der Waals surface area contributed by atoms with Crippen molar-refractivity contribution in [1.82, 2.24) is 14.9 Å². The Hall–Kier alpha value is -2.05. The molecule has 1 aromatic carbocycles. The van der Waals surface area contributed by atoms with E-state index in [0.29, 0.717) is 34.2 Å². The molecule has 0 unspecified atom stereocenters. The monoisotopic (exact) mass is 348 g/mol. The molecule has 3 rings (SSSR count). The zero-order chi connectivity index (χ0) is 17.1. The van der Waals surface area contributed by atoms with Gasteiger partial charge in [-0.25, -0.2) is 9.97 Å². The lowest BCUT2D eigenvalue weighted by atomic mass is 9.88. The number of ether oxygens (including phenoxy) is 2. The summed E-state index contributed by atoms with van der Waals surface area (Å²) in [5.41, 5.74) is 0.673. The van der Waals surface area contributed by atoms with E-state index in [0.717, 1.165) is 12.8 Å². The first kappa shape index (κ1) is 16.8. The Bertz CT molecular complexity index is 690. The number of nitrogens with zero attached hydrogens (tertiary/aromatic N) is 3. The average Bonchev–Trinajstić information content (AvgIpc) is 2.53. The van der Waals surface area contributed by atoms with Crippen molar-refractivity contribution >= 4 is 23.2 Å².